The maximum atomic E-state index is 8.37. The summed E-state index contributed by atoms with van der Waals surface area (Å²) in [5.41, 5.74) is 6.95. The van der Waals surface area contributed by atoms with Crippen LogP contribution in [0.3, 0.4) is 0 Å². The summed E-state index contributed by atoms with van der Waals surface area (Å²) in [6.07, 6.45) is 0. The topological polar surface area (TPSA) is 169 Å². The van der Waals surface area contributed by atoms with E-state index in [2.05, 4.69) is 29.1 Å². The van der Waals surface area contributed by atoms with Crippen molar-refractivity contribution in [3.63, 3.8) is 0 Å². The smallest absolute Gasteiger partial charge is 0.187 e. The summed E-state index contributed by atoms with van der Waals surface area (Å²) in [4.78, 5) is 19.1. The van der Waals surface area contributed by atoms with Crippen LogP contribution in [0, 0.1) is 107 Å². The van der Waals surface area contributed by atoms with Crippen LogP contribution < -0.4 is 0 Å². The minimum absolute atomic E-state index is 0. The molecule has 13 heteroatoms. The van der Waals surface area contributed by atoms with E-state index in [0.29, 0.717) is 67.5 Å². The Balaban J connectivity index is 0.000000706. The fourth-order valence-electron chi connectivity index (χ4n) is 3.66. The van der Waals surface area contributed by atoms with Crippen LogP contribution in [0.15, 0.2) is 146 Å². The average molecular weight is 868 g/mol. The third-order valence-corrected chi connectivity index (χ3v) is 6.75. The van der Waals surface area contributed by atoms with E-state index in [4.69, 9.17) is 71.0 Å². The van der Waals surface area contributed by atoms with Gasteiger partial charge in [-0.05, 0) is 0 Å². The van der Waals surface area contributed by atoms with Crippen LogP contribution in [-0.4, -0.2) is 0 Å². The predicted octanol–water partition coefficient (Wildman–Crippen LogP) is 12.7. The molecular formula is C48H24N12Tc. The van der Waals surface area contributed by atoms with E-state index < -0.39 is 0 Å². The van der Waals surface area contributed by atoms with Crippen molar-refractivity contribution in [1.29, 1.82) is 31.6 Å². The standard InChI is InChI=1S/6C8H4N2.Tc/c6*1-10-8-4-2-7(6-9)3-5-8;/h6*2-5H;/i;;;;;;1+1. The van der Waals surface area contributed by atoms with Gasteiger partial charge in [-0.2, -0.15) is 31.6 Å². The van der Waals surface area contributed by atoms with E-state index in [1.54, 1.807) is 146 Å². The Kier molecular flexibility index (Phi) is 25.9. The Morgan fingerprint density at radius 2 is 0.328 bits per heavy atom. The second-order valence-electron chi connectivity index (χ2n) is 10.6. The normalized spacial score (nSPS) is 7.67. The third kappa shape index (κ3) is 20.9. The molecule has 0 aliphatic heterocycles. The Morgan fingerprint density at radius 3 is 0.393 bits per heavy atom. The van der Waals surface area contributed by atoms with Crippen LogP contribution in [-0.2, 0) is 20.1 Å². The molecule has 0 unspecified atom stereocenters. The monoisotopic (exact) mass is 867 g/mol. The van der Waals surface area contributed by atoms with Crippen LogP contribution >= 0.6 is 0 Å². The molecule has 0 aromatic heterocycles. The summed E-state index contributed by atoms with van der Waals surface area (Å²) < 4.78 is 0. The summed E-state index contributed by atoms with van der Waals surface area (Å²) in [7, 11) is 0. The van der Waals surface area contributed by atoms with Crippen LogP contribution in [0.25, 0.3) is 29.1 Å². The number of hydrogen-bond acceptors (Lipinski definition) is 6. The Morgan fingerprint density at radius 1 is 0.230 bits per heavy atom. The van der Waals surface area contributed by atoms with Gasteiger partial charge in [0.25, 0.3) is 0 Å². The first-order valence-electron chi connectivity index (χ1n) is 16.5. The SMILES string of the molecule is [99Tc].[C-]#[N+]c1ccc(C#N)cc1.[C-]#[N+]c1ccc(C#N)cc1.[C-]#[N+]c1ccc(C#N)cc1.[C-]#[N+]c1ccc(C#N)cc1.[C-]#[N+]c1ccc(C#N)cc1.[C-]#[N+]c1ccc(C#N)cc1. The van der Waals surface area contributed by atoms with E-state index in [0.717, 1.165) is 0 Å². The van der Waals surface area contributed by atoms with Crippen molar-refractivity contribution in [2.24, 2.45) is 0 Å². The molecule has 0 aliphatic rings. The minimum Gasteiger partial charge on any atom is -0.238 e. The molecule has 0 saturated heterocycles. The Bertz CT molecular complexity index is 2120. The van der Waals surface area contributed by atoms with Crippen molar-refractivity contribution in [2.75, 3.05) is 0 Å². The zero-order valence-corrected chi connectivity index (χ0v) is 33.5. The quantitative estimate of drug-likeness (QED) is 0.138. The summed E-state index contributed by atoms with van der Waals surface area (Å²) in [6.45, 7) is 39.7. The Labute approximate surface area is 368 Å². The molecule has 6 aromatic rings. The molecule has 0 heterocycles. The van der Waals surface area contributed by atoms with Crippen LogP contribution in [0.1, 0.15) is 33.4 Å². The molecule has 0 fully saturated rings. The average Bonchev–Trinajstić information content (AvgIpc) is 3.35. The maximum Gasteiger partial charge on any atom is 0.187 e. The largest absolute Gasteiger partial charge is 0.238 e. The van der Waals surface area contributed by atoms with Gasteiger partial charge in [-0.25, -0.2) is 29.1 Å². The van der Waals surface area contributed by atoms with E-state index in [-0.39, 0.29) is 20.1 Å². The second-order valence-corrected chi connectivity index (χ2v) is 10.6. The van der Waals surface area contributed by atoms with Gasteiger partial charge < -0.3 is 0 Å². The molecule has 6 rings (SSSR count). The molecule has 0 saturated carbocycles. The van der Waals surface area contributed by atoms with E-state index in [1.807, 2.05) is 36.4 Å². The van der Waals surface area contributed by atoms with Crippen molar-refractivity contribution < 1.29 is 20.1 Å². The van der Waals surface area contributed by atoms with Gasteiger partial charge in [0.2, 0.25) is 0 Å². The maximum absolute atomic E-state index is 8.37. The third-order valence-electron chi connectivity index (χ3n) is 6.75. The molecule has 12 nitrogen and oxygen atoms in total. The number of nitriles is 6. The summed E-state index contributed by atoms with van der Waals surface area (Å²) in [5, 5.41) is 50.2. The molecular weight excluding hydrogens is 844 g/mol. The molecule has 6 aromatic carbocycles. The van der Waals surface area contributed by atoms with Crippen molar-refractivity contribution >= 4 is 34.1 Å². The molecule has 283 valence electrons. The summed E-state index contributed by atoms with van der Waals surface area (Å²) in [6, 6.07) is 51.0. The van der Waals surface area contributed by atoms with Gasteiger partial charge in [0.15, 0.2) is 34.1 Å². The number of hydrogen-bond donors (Lipinski definition) is 0. The van der Waals surface area contributed by atoms with Gasteiger partial charge in [0, 0.05) is 53.5 Å². The molecule has 0 bridgehead atoms. The second kappa shape index (κ2) is 31.1. The van der Waals surface area contributed by atoms with Crippen molar-refractivity contribution in [3.05, 3.63) is 247 Å². The van der Waals surface area contributed by atoms with E-state index >= 15 is 0 Å². The Hall–Kier alpha value is -10.2. The molecule has 0 spiro atoms. The zero-order chi connectivity index (χ0) is 44.4. The van der Waals surface area contributed by atoms with Crippen molar-refractivity contribution in [3.8, 4) is 36.4 Å². The fourth-order valence-corrected chi connectivity index (χ4v) is 3.66. The predicted molar refractivity (Wildman–Crippen MR) is 225 cm³/mol. The summed E-state index contributed by atoms with van der Waals surface area (Å²) in [5.74, 6) is 0. The van der Waals surface area contributed by atoms with Crippen molar-refractivity contribution in [2.45, 2.75) is 0 Å². The molecule has 61 heavy (non-hydrogen) atoms. The van der Waals surface area contributed by atoms with E-state index in [1.165, 1.54) is 0 Å². The minimum atomic E-state index is 0. The molecule has 0 N–H and O–H groups in total. The molecule has 0 atom stereocenters. The number of nitrogens with zero attached hydrogens (tertiary/aromatic N) is 12. The molecule has 0 amide bonds. The van der Waals surface area contributed by atoms with E-state index in [9.17, 15) is 0 Å². The fraction of sp³-hybridized carbons (Fsp3) is 0. The van der Waals surface area contributed by atoms with Gasteiger partial charge in [0.05, 0.1) is 75.8 Å². The number of rotatable bonds is 0. The first-order valence-corrected chi connectivity index (χ1v) is 16.5. The molecule has 0 aliphatic carbocycles. The summed E-state index contributed by atoms with van der Waals surface area (Å²) >= 11 is 0. The van der Waals surface area contributed by atoms with Gasteiger partial charge in [0.1, 0.15) is 0 Å². The van der Waals surface area contributed by atoms with Gasteiger partial charge >= 0.3 is 0 Å². The van der Waals surface area contributed by atoms with Crippen molar-refractivity contribution in [1.82, 2.24) is 0 Å². The van der Waals surface area contributed by atoms with Gasteiger partial charge in [-0.3, -0.25) is 0 Å². The van der Waals surface area contributed by atoms with Crippen LogP contribution in [0.4, 0.5) is 34.1 Å². The van der Waals surface area contributed by atoms with Gasteiger partial charge in [-0.1, -0.05) is 146 Å². The zero-order valence-electron chi connectivity index (χ0n) is 31.6. The van der Waals surface area contributed by atoms with Gasteiger partial charge in [-0.15, -0.1) is 0 Å². The van der Waals surface area contributed by atoms with Crippen LogP contribution in [0.5, 0.6) is 0 Å². The number of benzene rings is 6. The van der Waals surface area contributed by atoms with Crippen LogP contribution in [0.2, 0.25) is 0 Å². The first kappa shape index (κ1) is 50.8. The molecule has 1 radical (unpaired) electrons. The first-order chi connectivity index (χ1) is 29.2.